The number of ether oxygens (including phenoxy) is 3. The summed E-state index contributed by atoms with van der Waals surface area (Å²) in [6, 6.07) is 11.7. The minimum Gasteiger partial charge on any atom is -0.459 e. The van der Waals surface area contributed by atoms with Gasteiger partial charge in [0.15, 0.2) is 17.3 Å². The highest BCUT2D eigenvalue weighted by Gasteiger charge is 2.44. The van der Waals surface area contributed by atoms with E-state index in [-0.39, 0.29) is 35.8 Å². The van der Waals surface area contributed by atoms with Crippen molar-refractivity contribution in [3.05, 3.63) is 66.2 Å². The highest BCUT2D eigenvalue weighted by Crippen LogP contribution is 2.37. The van der Waals surface area contributed by atoms with Crippen LogP contribution in [0.15, 0.2) is 59.3 Å². The number of benzene rings is 1. The molecule has 0 aliphatic carbocycles. The Morgan fingerprint density at radius 3 is 2.50 bits per heavy atom. The van der Waals surface area contributed by atoms with Crippen LogP contribution in [0.25, 0.3) is 0 Å². The molecule has 5 heterocycles. The second kappa shape index (κ2) is 10.9. The Bertz CT molecular complexity index is 1400. The minimum absolute atomic E-state index is 0.112. The van der Waals surface area contributed by atoms with Crippen molar-refractivity contribution in [3.63, 3.8) is 0 Å². The molecule has 0 saturated carbocycles. The number of hydrogen-bond acceptors (Lipinski definition) is 9. The molecule has 3 aliphatic rings. The lowest BCUT2D eigenvalue weighted by Gasteiger charge is -2.43. The molecule has 1 aromatic carbocycles. The molecule has 0 atom stereocenters. The SMILES string of the molecule is O=C(NC1(C(=O)N2CCN(C(=O)c3ccco3)CC2)CCNCC1)c1cccnc1Oc1ccc2c(c1)OCO2. The number of aromatic nitrogens is 1. The van der Waals surface area contributed by atoms with Gasteiger partial charge < -0.3 is 39.1 Å². The van der Waals surface area contributed by atoms with E-state index >= 15 is 0 Å². The summed E-state index contributed by atoms with van der Waals surface area (Å²) < 4.78 is 22.0. The van der Waals surface area contributed by atoms with Crippen molar-refractivity contribution < 1.29 is 33.0 Å². The van der Waals surface area contributed by atoms with E-state index in [1.54, 1.807) is 52.3 Å². The Morgan fingerprint density at radius 2 is 1.73 bits per heavy atom. The Morgan fingerprint density at radius 1 is 0.950 bits per heavy atom. The van der Waals surface area contributed by atoms with Crippen LogP contribution >= 0.6 is 0 Å². The number of furan rings is 1. The van der Waals surface area contributed by atoms with E-state index in [2.05, 4.69) is 15.6 Å². The number of piperazine rings is 1. The molecule has 3 aliphatic heterocycles. The molecule has 0 bridgehead atoms. The number of carbonyl (C=O) groups is 3. The quantitative estimate of drug-likeness (QED) is 0.475. The third-order valence-electron chi connectivity index (χ3n) is 7.38. The highest BCUT2D eigenvalue weighted by molar-refractivity contribution is 6.01. The van der Waals surface area contributed by atoms with Gasteiger partial charge in [0.2, 0.25) is 18.6 Å². The van der Waals surface area contributed by atoms with Gasteiger partial charge in [-0.3, -0.25) is 14.4 Å². The van der Waals surface area contributed by atoms with E-state index < -0.39 is 11.4 Å². The summed E-state index contributed by atoms with van der Waals surface area (Å²) in [6.07, 6.45) is 3.86. The molecule has 2 fully saturated rings. The summed E-state index contributed by atoms with van der Waals surface area (Å²) in [5, 5.41) is 6.31. The molecular formula is C28H29N5O7. The predicted octanol–water partition coefficient (Wildman–Crippen LogP) is 2.03. The van der Waals surface area contributed by atoms with Gasteiger partial charge in [-0.25, -0.2) is 4.98 Å². The smallest absolute Gasteiger partial charge is 0.289 e. The van der Waals surface area contributed by atoms with E-state index in [9.17, 15) is 14.4 Å². The van der Waals surface area contributed by atoms with Gasteiger partial charge in [0.1, 0.15) is 16.9 Å². The van der Waals surface area contributed by atoms with E-state index in [1.807, 2.05) is 0 Å². The zero-order valence-electron chi connectivity index (χ0n) is 21.8. The van der Waals surface area contributed by atoms with Crippen molar-refractivity contribution in [3.8, 4) is 23.1 Å². The van der Waals surface area contributed by atoms with E-state index in [1.165, 1.54) is 12.5 Å². The number of pyridine rings is 1. The number of nitrogens with zero attached hydrogens (tertiary/aromatic N) is 3. The van der Waals surface area contributed by atoms with E-state index in [0.29, 0.717) is 69.4 Å². The van der Waals surface area contributed by atoms with Gasteiger partial charge >= 0.3 is 0 Å². The topological polar surface area (TPSA) is 135 Å². The number of amides is 3. The molecule has 0 unspecified atom stereocenters. The van der Waals surface area contributed by atoms with E-state index in [0.717, 1.165) is 0 Å². The average molecular weight is 548 g/mol. The number of nitrogens with one attached hydrogen (secondary N) is 2. The molecule has 12 nitrogen and oxygen atoms in total. The van der Waals surface area contributed by atoms with Crippen LogP contribution in [0.4, 0.5) is 0 Å². The van der Waals surface area contributed by atoms with Crippen molar-refractivity contribution in [2.45, 2.75) is 18.4 Å². The lowest BCUT2D eigenvalue weighted by Crippen LogP contribution is -2.65. The van der Waals surface area contributed by atoms with Crippen molar-refractivity contribution in [2.24, 2.45) is 0 Å². The van der Waals surface area contributed by atoms with Crippen LogP contribution in [0.3, 0.4) is 0 Å². The minimum atomic E-state index is -1.10. The summed E-state index contributed by atoms with van der Waals surface area (Å²) in [6.45, 7) is 2.78. The van der Waals surface area contributed by atoms with Gasteiger partial charge in [-0.15, -0.1) is 0 Å². The molecule has 3 amide bonds. The van der Waals surface area contributed by atoms with Crippen LogP contribution in [0, 0.1) is 0 Å². The molecule has 6 rings (SSSR count). The third kappa shape index (κ3) is 5.05. The van der Waals surface area contributed by atoms with Gasteiger partial charge in [-0.05, 0) is 62.3 Å². The second-order valence-electron chi connectivity index (χ2n) is 9.82. The summed E-state index contributed by atoms with van der Waals surface area (Å²) in [5.74, 6) is 1.17. The van der Waals surface area contributed by atoms with Gasteiger partial charge in [0, 0.05) is 38.4 Å². The van der Waals surface area contributed by atoms with Crippen LogP contribution in [-0.4, -0.2) is 84.1 Å². The standard InChI is InChI=1S/C28H29N5O7/c34-24(20-3-1-9-30-25(20)40-19-5-6-21-23(17-19)39-18-38-21)31-28(7-10-29-11-8-28)27(36)33-14-12-32(13-15-33)26(35)22-4-2-16-37-22/h1-6,9,16-17,29H,7-8,10-15,18H2,(H,31,34). The molecule has 2 N–H and O–H groups in total. The number of carbonyl (C=O) groups excluding carboxylic acids is 3. The molecule has 12 heteroatoms. The zero-order valence-corrected chi connectivity index (χ0v) is 21.8. The number of fused-ring (bicyclic) bond motifs is 1. The summed E-state index contributed by atoms with van der Waals surface area (Å²) in [5.41, 5.74) is -0.888. The molecule has 40 heavy (non-hydrogen) atoms. The zero-order chi connectivity index (χ0) is 27.5. The number of piperidine rings is 1. The Kier molecular flexibility index (Phi) is 6.99. The van der Waals surface area contributed by atoms with Crippen molar-refractivity contribution >= 4 is 17.7 Å². The van der Waals surface area contributed by atoms with Crippen molar-refractivity contribution in [2.75, 3.05) is 46.1 Å². The maximum absolute atomic E-state index is 13.9. The van der Waals surface area contributed by atoms with Gasteiger partial charge in [-0.2, -0.15) is 0 Å². The second-order valence-corrected chi connectivity index (χ2v) is 9.82. The first-order chi connectivity index (χ1) is 19.5. The summed E-state index contributed by atoms with van der Waals surface area (Å²) in [7, 11) is 0. The molecule has 2 saturated heterocycles. The first-order valence-corrected chi connectivity index (χ1v) is 13.2. The maximum Gasteiger partial charge on any atom is 0.289 e. The van der Waals surface area contributed by atoms with Crippen LogP contribution in [0.5, 0.6) is 23.1 Å². The highest BCUT2D eigenvalue weighted by atomic mass is 16.7. The molecule has 3 aromatic rings. The third-order valence-corrected chi connectivity index (χ3v) is 7.38. The van der Waals surface area contributed by atoms with Crippen LogP contribution < -0.4 is 24.8 Å². The number of hydrogen-bond donors (Lipinski definition) is 2. The number of rotatable bonds is 6. The van der Waals surface area contributed by atoms with Crippen LogP contribution in [0.2, 0.25) is 0 Å². The first-order valence-electron chi connectivity index (χ1n) is 13.2. The fourth-order valence-electron chi connectivity index (χ4n) is 5.20. The average Bonchev–Trinajstić information content (AvgIpc) is 3.70. The predicted molar refractivity (Wildman–Crippen MR) is 140 cm³/mol. The van der Waals surface area contributed by atoms with Gasteiger partial charge in [-0.1, -0.05) is 0 Å². The van der Waals surface area contributed by atoms with E-state index in [4.69, 9.17) is 18.6 Å². The first kappa shape index (κ1) is 25.7. The Hall–Kier alpha value is -4.58. The maximum atomic E-state index is 13.9. The molecular weight excluding hydrogens is 518 g/mol. The molecule has 0 spiro atoms. The summed E-state index contributed by atoms with van der Waals surface area (Å²) >= 11 is 0. The van der Waals surface area contributed by atoms with Crippen molar-refractivity contribution in [1.29, 1.82) is 0 Å². The monoisotopic (exact) mass is 547 g/mol. The fourth-order valence-corrected chi connectivity index (χ4v) is 5.20. The summed E-state index contributed by atoms with van der Waals surface area (Å²) in [4.78, 5) is 47.9. The molecule has 208 valence electrons. The lowest BCUT2D eigenvalue weighted by molar-refractivity contribution is -0.140. The van der Waals surface area contributed by atoms with Gasteiger partial charge in [0.25, 0.3) is 11.8 Å². The Balaban J connectivity index is 1.17. The largest absolute Gasteiger partial charge is 0.459 e. The van der Waals surface area contributed by atoms with Crippen LogP contribution in [0.1, 0.15) is 33.8 Å². The normalized spacial score (nSPS) is 17.8. The fraction of sp³-hybridized carbons (Fsp3) is 0.357. The van der Waals surface area contributed by atoms with Gasteiger partial charge in [0.05, 0.1) is 6.26 Å². The van der Waals surface area contributed by atoms with Crippen molar-refractivity contribution in [1.82, 2.24) is 25.4 Å². The molecule has 0 radical (unpaired) electrons. The van der Waals surface area contributed by atoms with Crippen LogP contribution in [-0.2, 0) is 4.79 Å². The lowest BCUT2D eigenvalue weighted by atomic mass is 9.86. The Labute approximate surface area is 230 Å². The molecule has 2 aromatic heterocycles.